The molecule has 7 amide bonds. The van der Waals surface area contributed by atoms with Crippen LogP contribution in [0, 0.1) is 11.8 Å². The lowest BCUT2D eigenvalue weighted by Crippen LogP contribution is -2.60. The minimum atomic E-state index is -1.54. The molecular formula is C47H70N8O11. The third kappa shape index (κ3) is 17.8. The molecule has 0 aromatic heterocycles. The Hall–Kier alpha value is -5.92. The Kier molecular flexibility index (Phi) is 22.7. The van der Waals surface area contributed by atoms with Crippen LogP contribution in [0.5, 0.6) is 0 Å². The largest absolute Gasteiger partial charge is 0.467 e. The average molecular weight is 923 g/mol. The van der Waals surface area contributed by atoms with Gasteiger partial charge < -0.3 is 52.6 Å². The van der Waals surface area contributed by atoms with Crippen LogP contribution in [-0.2, 0) is 55.9 Å². The molecule has 1 aliphatic rings. The lowest BCUT2D eigenvalue weighted by molar-refractivity contribution is -0.145. The van der Waals surface area contributed by atoms with Crippen molar-refractivity contribution in [2.75, 3.05) is 26.8 Å². The van der Waals surface area contributed by atoms with Crippen LogP contribution in [0.25, 0.3) is 0 Å². The SMILES string of the molecule is CCC(C)[C@H](NC(=O)[C@@H]1CCCN1CC(O)[C@H](Cc1ccccc1)NC(=O)[C@H](CC(N)=O)NC(=O)[C@H](CC(C)C)NC(=O)[C@H](CO)NC(C)=O)C(=O)N[C@@H](CCc1ccccc1)C(=O)OC. The highest BCUT2D eigenvalue weighted by atomic mass is 16.5. The van der Waals surface area contributed by atoms with Gasteiger partial charge in [0.05, 0.1) is 38.3 Å². The number of aryl methyl sites for hydroxylation is 1. The third-order valence-corrected chi connectivity index (χ3v) is 11.6. The summed E-state index contributed by atoms with van der Waals surface area (Å²) in [5.74, 6) is -6.09. The van der Waals surface area contributed by atoms with Crippen LogP contribution >= 0.6 is 0 Å². The number of esters is 1. The maximum absolute atomic E-state index is 14.1. The van der Waals surface area contributed by atoms with E-state index in [4.69, 9.17) is 10.5 Å². The highest BCUT2D eigenvalue weighted by Crippen LogP contribution is 2.21. The third-order valence-electron chi connectivity index (χ3n) is 11.6. The number of β-amino-alcohol motifs (C(OH)–C–C–N with tert-alkyl or cyclic N) is 1. The van der Waals surface area contributed by atoms with E-state index < -0.39 is 109 Å². The summed E-state index contributed by atoms with van der Waals surface area (Å²) in [6, 6.07) is 10.6. The summed E-state index contributed by atoms with van der Waals surface area (Å²) < 4.78 is 5.00. The predicted molar refractivity (Wildman–Crippen MR) is 245 cm³/mol. The number of aliphatic hydroxyl groups excluding tert-OH is 2. The zero-order valence-corrected chi connectivity index (χ0v) is 38.9. The molecule has 10 N–H and O–H groups in total. The van der Waals surface area contributed by atoms with Gasteiger partial charge in [-0.25, -0.2) is 4.79 Å². The number of aliphatic hydroxyl groups is 2. The molecule has 1 aliphatic heterocycles. The first-order valence-corrected chi connectivity index (χ1v) is 22.6. The first kappa shape index (κ1) is 54.4. The van der Waals surface area contributed by atoms with Gasteiger partial charge in [-0.15, -0.1) is 0 Å². The molecular weight excluding hydrogens is 853 g/mol. The van der Waals surface area contributed by atoms with Crippen molar-refractivity contribution in [3.8, 4) is 0 Å². The number of carbonyl (C=O) groups is 8. The molecule has 19 heteroatoms. The van der Waals surface area contributed by atoms with Crippen molar-refractivity contribution in [1.29, 1.82) is 0 Å². The van der Waals surface area contributed by atoms with Crippen LogP contribution in [0.1, 0.15) is 84.3 Å². The highest BCUT2D eigenvalue weighted by molar-refractivity contribution is 5.96. The number of benzene rings is 2. The van der Waals surface area contributed by atoms with Gasteiger partial charge in [0.25, 0.3) is 0 Å². The lowest BCUT2D eigenvalue weighted by atomic mass is 9.96. The summed E-state index contributed by atoms with van der Waals surface area (Å²) >= 11 is 0. The first-order valence-electron chi connectivity index (χ1n) is 22.6. The molecule has 9 atom stereocenters. The summed E-state index contributed by atoms with van der Waals surface area (Å²) in [5, 5.41) is 37.4. The van der Waals surface area contributed by atoms with Gasteiger partial charge in [0.2, 0.25) is 41.4 Å². The van der Waals surface area contributed by atoms with Gasteiger partial charge in [-0.2, -0.15) is 0 Å². The van der Waals surface area contributed by atoms with E-state index in [1.165, 1.54) is 7.11 Å². The summed E-state index contributed by atoms with van der Waals surface area (Å²) in [7, 11) is 1.25. The molecule has 2 aromatic rings. The molecule has 66 heavy (non-hydrogen) atoms. The van der Waals surface area contributed by atoms with Gasteiger partial charge >= 0.3 is 5.97 Å². The van der Waals surface area contributed by atoms with Crippen molar-refractivity contribution in [3.63, 3.8) is 0 Å². The van der Waals surface area contributed by atoms with Gasteiger partial charge in [0.15, 0.2) is 0 Å². The fourth-order valence-electron chi connectivity index (χ4n) is 7.80. The molecule has 1 fully saturated rings. The quantitative estimate of drug-likeness (QED) is 0.0525. The Bertz CT molecular complexity index is 1920. The Labute approximate surface area is 387 Å². The van der Waals surface area contributed by atoms with Crippen molar-refractivity contribution < 1.29 is 53.3 Å². The monoisotopic (exact) mass is 923 g/mol. The van der Waals surface area contributed by atoms with E-state index in [0.29, 0.717) is 32.2 Å². The number of amides is 7. The first-order chi connectivity index (χ1) is 31.4. The maximum atomic E-state index is 14.1. The maximum Gasteiger partial charge on any atom is 0.328 e. The number of primary amides is 1. The smallest absolute Gasteiger partial charge is 0.328 e. The van der Waals surface area contributed by atoms with Crippen LogP contribution < -0.4 is 37.6 Å². The van der Waals surface area contributed by atoms with Crippen LogP contribution in [0.4, 0.5) is 0 Å². The molecule has 0 bridgehead atoms. The summed E-state index contributed by atoms with van der Waals surface area (Å²) in [4.78, 5) is 107. The molecule has 19 nitrogen and oxygen atoms in total. The predicted octanol–water partition coefficient (Wildman–Crippen LogP) is -0.251. The van der Waals surface area contributed by atoms with E-state index in [-0.39, 0.29) is 37.6 Å². The minimum Gasteiger partial charge on any atom is -0.467 e. The van der Waals surface area contributed by atoms with E-state index in [1.807, 2.05) is 44.2 Å². The number of nitrogens with one attached hydrogen (secondary N) is 6. The molecule has 1 heterocycles. The van der Waals surface area contributed by atoms with Gasteiger partial charge in [-0.1, -0.05) is 94.8 Å². The highest BCUT2D eigenvalue weighted by Gasteiger charge is 2.38. The van der Waals surface area contributed by atoms with E-state index in [9.17, 15) is 48.6 Å². The lowest BCUT2D eigenvalue weighted by Gasteiger charge is -2.33. The second-order valence-corrected chi connectivity index (χ2v) is 17.4. The van der Waals surface area contributed by atoms with E-state index in [2.05, 4.69) is 31.9 Å². The Morgan fingerprint density at radius 2 is 1.35 bits per heavy atom. The van der Waals surface area contributed by atoms with Crippen LogP contribution in [0.2, 0.25) is 0 Å². The molecule has 2 aromatic carbocycles. The second kappa shape index (κ2) is 27.5. The van der Waals surface area contributed by atoms with Gasteiger partial charge in [0, 0.05) is 13.5 Å². The molecule has 0 radical (unpaired) electrons. The number of methoxy groups -OCH3 is 1. The number of hydrogen-bond donors (Lipinski definition) is 9. The zero-order valence-electron chi connectivity index (χ0n) is 38.9. The van der Waals surface area contributed by atoms with Gasteiger partial charge in [-0.05, 0) is 68.0 Å². The molecule has 0 spiro atoms. The molecule has 0 aliphatic carbocycles. The van der Waals surface area contributed by atoms with E-state index >= 15 is 0 Å². The normalized spacial score (nSPS) is 17.4. The van der Waals surface area contributed by atoms with E-state index in [1.54, 1.807) is 49.1 Å². The molecule has 2 unspecified atom stereocenters. The zero-order chi connectivity index (χ0) is 48.9. The Morgan fingerprint density at radius 1 is 0.773 bits per heavy atom. The summed E-state index contributed by atoms with van der Waals surface area (Å²) in [5.41, 5.74) is 7.24. The van der Waals surface area contributed by atoms with Crippen LogP contribution in [-0.4, -0.2) is 138 Å². The number of ether oxygens (including phenoxy) is 1. The number of hydrogen-bond acceptors (Lipinski definition) is 12. The summed E-state index contributed by atoms with van der Waals surface area (Å²) in [6.45, 7) is 8.03. The number of nitrogens with two attached hydrogens (primary N) is 1. The fourth-order valence-corrected chi connectivity index (χ4v) is 7.80. The van der Waals surface area contributed by atoms with Crippen molar-refractivity contribution in [2.24, 2.45) is 17.6 Å². The molecule has 1 saturated heterocycles. The number of rotatable bonds is 27. The second-order valence-electron chi connectivity index (χ2n) is 17.4. The minimum absolute atomic E-state index is 0.0877. The number of likely N-dealkylation sites (tertiary alicyclic amines) is 1. The standard InChI is InChI=1S/C47H70N8O11/c1-7-29(4)41(46(64)50-33(47(65)66-6)21-20-31-15-10-8-11-16-31)54-45(63)38-19-14-22-55(38)26-39(58)34(24-32-17-12-9-13-18-32)51-43(61)36(25-40(48)59)53-42(60)35(23-28(2)3)52-44(62)37(27-56)49-30(5)57/h8-13,15-18,28-29,33-39,41,56,58H,7,14,19-27H2,1-6H3,(H2,48,59)(H,49,57)(H,50,64)(H,51,61)(H,52,62)(H,53,60)(H,54,63)/t29?,33-,34-,35-,36-,37-,38-,39?,41-/m0/s1. The fraction of sp³-hybridized carbons (Fsp3) is 0.574. The van der Waals surface area contributed by atoms with Crippen molar-refractivity contribution in [1.82, 2.24) is 36.8 Å². The van der Waals surface area contributed by atoms with Crippen LogP contribution in [0.15, 0.2) is 60.7 Å². The van der Waals surface area contributed by atoms with Gasteiger partial charge in [-0.3, -0.25) is 38.5 Å². The van der Waals surface area contributed by atoms with Crippen molar-refractivity contribution >= 4 is 47.3 Å². The Morgan fingerprint density at radius 3 is 1.91 bits per heavy atom. The average Bonchev–Trinajstić information content (AvgIpc) is 3.75. The number of carbonyl (C=O) groups excluding carboxylic acids is 8. The molecule has 0 saturated carbocycles. The van der Waals surface area contributed by atoms with Crippen molar-refractivity contribution in [2.45, 2.75) is 134 Å². The van der Waals surface area contributed by atoms with Crippen LogP contribution in [0.3, 0.4) is 0 Å². The Balaban J connectivity index is 1.81. The van der Waals surface area contributed by atoms with Crippen molar-refractivity contribution in [3.05, 3.63) is 71.8 Å². The molecule has 364 valence electrons. The number of nitrogens with zero attached hydrogens (tertiary/aromatic N) is 1. The topological polar surface area (TPSA) is 288 Å². The van der Waals surface area contributed by atoms with E-state index in [0.717, 1.165) is 18.1 Å². The molecule has 3 rings (SSSR count). The summed E-state index contributed by atoms with van der Waals surface area (Å²) in [6.07, 6.45) is 0.575. The van der Waals surface area contributed by atoms with Gasteiger partial charge in [0.1, 0.15) is 30.2 Å².